The van der Waals surface area contributed by atoms with E-state index in [1.807, 2.05) is 0 Å². The Labute approximate surface area is 87.2 Å². The molecule has 2 aliphatic rings. The van der Waals surface area contributed by atoms with Crippen molar-refractivity contribution in [2.45, 2.75) is 25.3 Å². The summed E-state index contributed by atoms with van der Waals surface area (Å²) in [5.74, 6) is 0.875. The van der Waals surface area contributed by atoms with Gasteiger partial charge in [0.1, 0.15) is 0 Å². The first-order valence-electron chi connectivity index (χ1n) is 5.92. The van der Waals surface area contributed by atoms with E-state index in [1.54, 1.807) is 0 Å². The lowest BCUT2D eigenvalue weighted by Gasteiger charge is -2.45. The number of likely N-dealkylation sites (N-methyl/N-ethyl adjacent to an activating group) is 1. The standard InChI is InChI=1S/C11H23N3/c1-13-6-7-14-8-10(4-5-12)2-3-11(14)9-13/h10-11H,2-9,12H2,1H3. The van der Waals surface area contributed by atoms with E-state index in [0.29, 0.717) is 0 Å². The molecule has 0 bridgehead atoms. The molecule has 0 spiro atoms. The fraction of sp³-hybridized carbons (Fsp3) is 1.00. The highest BCUT2D eigenvalue weighted by molar-refractivity contribution is 4.87. The Morgan fingerprint density at radius 2 is 2.07 bits per heavy atom. The maximum atomic E-state index is 5.62. The van der Waals surface area contributed by atoms with Crippen molar-refractivity contribution in [3.8, 4) is 0 Å². The number of hydrogen-bond donors (Lipinski definition) is 1. The number of piperazine rings is 1. The van der Waals surface area contributed by atoms with Crippen molar-refractivity contribution in [3.05, 3.63) is 0 Å². The minimum Gasteiger partial charge on any atom is -0.330 e. The SMILES string of the molecule is CN1CCN2CC(CCN)CCC2C1. The van der Waals surface area contributed by atoms with Crippen molar-refractivity contribution >= 4 is 0 Å². The summed E-state index contributed by atoms with van der Waals surface area (Å²) in [7, 11) is 2.24. The average molecular weight is 197 g/mol. The molecule has 2 fully saturated rings. The zero-order chi connectivity index (χ0) is 9.97. The monoisotopic (exact) mass is 197 g/mol. The van der Waals surface area contributed by atoms with Crippen LogP contribution in [0.2, 0.25) is 0 Å². The van der Waals surface area contributed by atoms with E-state index in [-0.39, 0.29) is 0 Å². The number of nitrogens with zero attached hydrogens (tertiary/aromatic N) is 2. The van der Waals surface area contributed by atoms with Gasteiger partial charge < -0.3 is 10.6 Å². The molecule has 14 heavy (non-hydrogen) atoms. The molecule has 0 aromatic heterocycles. The Balaban J connectivity index is 1.85. The van der Waals surface area contributed by atoms with E-state index in [1.165, 1.54) is 45.4 Å². The largest absolute Gasteiger partial charge is 0.330 e. The van der Waals surface area contributed by atoms with Gasteiger partial charge >= 0.3 is 0 Å². The van der Waals surface area contributed by atoms with E-state index in [9.17, 15) is 0 Å². The molecule has 0 aliphatic carbocycles. The Bertz CT molecular complexity index is 183. The number of rotatable bonds is 2. The van der Waals surface area contributed by atoms with Gasteiger partial charge in [0.2, 0.25) is 0 Å². The molecular weight excluding hydrogens is 174 g/mol. The Morgan fingerprint density at radius 1 is 1.21 bits per heavy atom. The molecule has 82 valence electrons. The van der Waals surface area contributed by atoms with Crippen molar-refractivity contribution < 1.29 is 0 Å². The Kier molecular flexibility index (Phi) is 3.42. The van der Waals surface area contributed by atoms with Crippen molar-refractivity contribution in [1.29, 1.82) is 0 Å². The predicted molar refractivity (Wildman–Crippen MR) is 59.3 cm³/mol. The fourth-order valence-electron chi connectivity index (χ4n) is 2.88. The molecule has 2 rings (SSSR count). The molecule has 0 aromatic carbocycles. The van der Waals surface area contributed by atoms with Crippen LogP contribution in [0.1, 0.15) is 19.3 Å². The van der Waals surface area contributed by atoms with Crippen LogP contribution in [0.5, 0.6) is 0 Å². The molecule has 0 radical (unpaired) electrons. The molecular formula is C11H23N3. The summed E-state index contributed by atoms with van der Waals surface area (Å²) < 4.78 is 0. The number of hydrogen-bond acceptors (Lipinski definition) is 3. The van der Waals surface area contributed by atoms with Crippen molar-refractivity contribution in [3.63, 3.8) is 0 Å². The highest BCUT2D eigenvalue weighted by Crippen LogP contribution is 2.26. The maximum Gasteiger partial charge on any atom is 0.0223 e. The first-order valence-corrected chi connectivity index (χ1v) is 5.92. The van der Waals surface area contributed by atoms with Gasteiger partial charge in [-0.1, -0.05) is 0 Å². The molecule has 2 heterocycles. The van der Waals surface area contributed by atoms with Crippen LogP contribution in [-0.2, 0) is 0 Å². The zero-order valence-corrected chi connectivity index (χ0v) is 9.28. The average Bonchev–Trinajstić information content (AvgIpc) is 2.19. The fourth-order valence-corrected chi connectivity index (χ4v) is 2.88. The van der Waals surface area contributed by atoms with Gasteiger partial charge in [-0.3, -0.25) is 4.90 Å². The van der Waals surface area contributed by atoms with Crippen molar-refractivity contribution in [2.24, 2.45) is 11.7 Å². The van der Waals surface area contributed by atoms with Gasteiger partial charge in [-0.2, -0.15) is 0 Å². The van der Waals surface area contributed by atoms with Crippen LogP contribution in [-0.4, -0.2) is 55.6 Å². The second kappa shape index (κ2) is 4.60. The molecule has 3 nitrogen and oxygen atoms in total. The molecule has 3 heteroatoms. The Hall–Kier alpha value is -0.120. The number of fused-ring (bicyclic) bond motifs is 1. The molecule has 0 aromatic rings. The van der Waals surface area contributed by atoms with E-state index in [2.05, 4.69) is 16.8 Å². The van der Waals surface area contributed by atoms with E-state index in [4.69, 9.17) is 5.73 Å². The van der Waals surface area contributed by atoms with Gasteiger partial charge in [-0.05, 0) is 38.8 Å². The molecule has 0 amide bonds. The first kappa shape index (κ1) is 10.4. The normalized spacial score (nSPS) is 35.6. The minimum atomic E-state index is 0.836. The zero-order valence-electron chi connectivity index (χ0n) is 9.28. The van der Waals surface area contributed by atoms with Crippen LogP contribution in [0.15, 0.2) is 0 Å². The molecule has 2 unspecified atom stereocenters. The van der Waals surface area contributed by atoms with Crippen LogP contribution in [0.3, 0.4) is 0 Å². The molecule has 2 aliphatic heterocycles. The van der Waals surface area contributed by atoms with Gasteiger partial charge in [0.05, 0.1) is 0 Å². The molecule has 0 saturated carbocycles. The molecule has 2 saturated heterocycles. The summed E-state index contributed by atoms with van der Waals surface area (Å²) >= 11 is 0. The van der Waals surface area contributed by atoms with Crippen LogP contribution in [0.4, 0.5) is 0 Å². The van der Waals surface area contributed by atoms with Crippen molar-refractivity contribution in [2.75, 3.05) is 39.8 Å². The van der Waals surface area contributed by atoms with Crippen LogP contribution in [0, 0.1) is 5.92 Å². The quantitative estimate of drug-likeness (QED) is 0.694. The smallest absolute Gasteiger partial charge is 0.0223 e. The lowest BCUT2D eigenvalue weighted by Crippen LogP contribution is -2.55. The lowest BCUT2D eigenvalue weighted by molar-refractivity contribution is 0.0371. The summed E-state index contributed by atoms with van der Waals surface area (Å²) in [6.07, 6.45) is 4.00. The third-order valence-electron chi connectivity index (χ3n) is 3.78. The highest BCUT2D eigenvalue weighted by Gasteiger charge is 2.31. The molecule has 2 N–H and O–H groups in total. The Morgan fingerprint density at radius 3 is 2.86 bits per heavy atom. The number of piperidine rings is 1. The lowest BCUT2D eigenvalue weighted by atomic mass is 9.89. The third kappa shape index (κ3) is 2.27. The highest BCUT2D eigenvalue weighted by atomic mass is 15.3. The van der Waals surface area contributed by atoms with Gasteiger partial charge in [-0.15, -0.1) is 0 Å². The van der Waals surface area contributed by atoms with Gasteiger partial charge in [-0.25, -0.2) is 0 Å². The van der Waals surface area contributed by atoms with Crippen LogP contribution >= 0.6 is 0 Å². The summed E-state index contributed by atoms with van der Waals surface area (Å²) in [5, 5.41) is 0. The number of nitrogens with two attached hydrogens (primary N) is 1. The van der Waals surface area contributed by atoms with E-state index >= 15 is 0 Å². The summed E-state index contributed by atoms with van der Waals surface area (Å²) in [5.41, 5.74) is 5.62. The predicted octanol–water partition coefficient (Wildman–Crippen LogP) is 0.361. The minimum absolute atomic E-state index is 0.836. The van der Waals surface area contributed by atoms with E-state index in [0.717, 1.165) is 18.5 Å². The van der Waals surface area contributed by atoms with E-state index < -0.39 is 0 Å². The maximum absolute atomic E-state index is 5.62. The van der Waals surface area contributed by atoms with Gasteiger partial charge in [0.15, 0.2) is 0 Å². The topological polar surface area (TPSA) is 32.5 Å². The van der Waals surface area contributed by atoms with Crippen LogP contribution < -0.4 is 5.73 Å². The van der Waals surface area contributed by atoms with Gasteiger partial charge in [0.25, 0.3) is 0 Å². The second-order valence-electron chi connectivity index (χ2n) is 4.93. The van der Waals surface area contributed by atoms with Crippen molar-refractivity contribution in [1.82, 2.24) is 9.80 Å². The third-order valence-corrected chi connectivity index (χ3v) is 3.78. The summed E-state index contributed by atoms with van der Waals surface area (Å²) in [6, 6.07) is 0.836. The summed E-state index contributed by atoms with van der Waals surface area (Å²) in [6.45, 7) is 5.95. The van der Waals surface area contributed by atoms with Crippen LogP contribution in [0.25, 0.3) is 0 Å². The second-order valence-corrected chi connectivity index (χ2v) is 4.93. The van der Waals surface area contributed by atoms with Gasteiger partial charge in [0, 0.05) is 32.2 Å². The summed E-state index contributed by atoms with van der Waals surface area (Å²) in [4.78, 5) is 5.15. The molecule has 2 atom stereocenters. The first-order chi connectivity index (χ1) is 6.79.